The SMILES string of the molecule is CCCN=C/C(C(=O)OC)=C(/O)c1cc(Cl)sc1Cl. The standard InChI is InChI=1S/C12H13Cl2NO3S/c1-3-4-15-6-8(12(17)18-2)10(16)7-5-9(13)19-11(7)14/h5-6,16H,3-4H2,1-2H3/b10-8-,15-6?. The molecule has 0 spiro atoms. The van der Waals surface area contributed by atoms with Gasteiger partial charge >= 0.3 is 5.97 Å². The van der Waals surface area contributed by atoms with Crippen molar-refractivity contribution in [2.24, 2.45) is 4.99 Å². The number of aliphatic hydroxyl groups is 1. The number of hydrogen-bond acceptors (Lipinski definition) is 5. The summed E-state index contributed by atoms with van der Waals surface area (Å²) in [4.78, 5) is 15.7. The van der Waals surface area contributed by atoms with Crippen molar-refractivity contribution >= 4 is 52.5 Å². The van der Waals surface area contributed by atoms with Crippen molar-refractivity contribution in [3.63, 3.8) is 0 Å². The Kier molecular flexibility index (Phi) is 6.34. The summed E-state index contributed by atoms with van der Waals surface area (Å²) in [6, 6.07) is 1.49. The van der Waals surface area contributed by atoms with E-state index in [1.165, 1.54) is 19.4 Å². The van der Waals surface area contributed by atoms with Crippen molar-refractivity contribution in [3.8, 4) is 0 Å². The van der Waals surface area contributed by atoms with Gasteiger partial charge in [-0.3, -0.25) is 4.99 Å². The number of halogens is 2. The van der Waals surface area contributed by atoms with Gasteiger partial charge in [-0.25, -0.2) is 4.79 Å². The number of rotatable bonds is 5. The van der Waals surface area contributed by atoms with Crippen LogP contribution in [0.2, 0.25) is 8.67 Å². The maximum Gasteiger partial charge on any atom is 0.343 e. The fraction of sp³-hybridized carbons (Fsp3) is 0.333. The Morgan fingerprint density at radius 3 is 2.74 bits per heavy atom. The molecule has 0 aliphatic rings. The van der Waals surface area contributed by atoms with Crippen LogP contribution in [-0.2, 0) is 9.53 Å². The van der Waals surface area contributed by atoms with Gasteiger partial charge in [0, 0.05) is 18.3 Å². The molecule has 0 atom stereocenters. The number of nitrogens with zero attached hydrogens (tertiary/aromatic N) is 1. The average Bonchev–Trinajstić information content (AvgIpc) is 2.72. The highest BCUT2D eigenvalue weighted by atomic mass is 35.5. The predicted octanol–water partition coefficient (Wildman–Crippen LogP) is 3.98. The summed E-state index contributed by atoms with van der Waals surface area (Å²) >= 11 is 12.8. The van der Waals surface area contributed by atoms with E-state index in [4.69, 9.17) is 23.2 Å². The summed E-state index contributed by atoms with van der Waals surface area (Å²) in [5.74, 6) is -0.976. The van der Waals surface area contributed by atoms with Crippen molar-refractivity contribution in [2.75, 3.05) is 13.7 Å². The van der Waals surface area contributed by atoms with E-state index in [-0.39, 0.29) is 11.3 Å². The van der Waals surface area contributed by atoms with Crippen molar-refractivity contribution in [3.05, 3.63) is 25.9 Å². The first-order valence-corrected chi connectivity index (χ1v) is 7.05. The van der Waals surface area contributed by atoms with E-state index >= 15 is 0 Å². The number of esters is 1. The zero-order valence-electron chi connectivity index (χ0n) is 10.4. The van der Waals surface area contributed by atoms with E-state index in [1.54, 1.807) is 0 Å². The Hall–Kier alpha value is -1.04. The summed E-state index contributed by atoms with van der Waals surface area (Å²) in [5, 5.41) is 10.1. The second-order valence-corrected chi connectivity index (χ2v) is 5.81. The summed E-state index contributed by atoms with van der Waals surface area (Å²) in [6.07, 6.45) is 2.11. The maximum absolute atomic E-state index is 11.6. The number of aliphatic hydroxyl groups excluding tert-OH is 1. The third-order valence-corrected chi connectivity index (χ3v) is 3.63. The van der Waals surface area contributed by atoms with Gasteiger partial charge in [0.25, 0.3) is 0 Å². The van der Waals surface area contributed by atoms with Crippen molar-refractivity contribution in [1.82, 2.24) is 0 Å². The van der Waals surface area contributed by atoms with Crippen LogP contribution in [0.3, 0.4) is 0 Å². The van der Waals surface area contributed by atoms with Gasteiger partial charge in [-0.2, -0.15) is 0 Å². The molecule has 0 aromatic carbocycles. The Morgan fingerprint density at radius 1 is 1.58 bits per heavy atom. The molecule has 19 heavy (non-hydrogen) atoms. The molecule has 0 fully saturated rings. The van der Waals surface area contributed by atoms with E-state index in [2.05, 4.69) is 9.73 Å². The number of hydrogen-bond donors (Lipinski definition) is 1. The molecule has 104 valence electrons. The van der Waals surface area contributed by atoms with Gasteiger partial charge in [-0.1, -0.05) is 30.1 Å². The van der Waals surface area contributed by atoms with E-state index in [9.17, 15) is 9.90 Å². The molecule has 1 rings (SSSR count). The van der Waals surface area contributed by atoms with Crippen LogP contribution in [0.4, 0.5) is 0 Å². The first-order valence-electron chi connectivity index (χ1n) is 5.47. The van der Waals surface area contributed by atoms with E-state index in [0.717, 1.165) is 17.8 Å². The van der Waals surface area contributed by atoms with Gasteiger partial charge in [0.1, 0.15) is 15.7 Å². The van der Waals surface area contributed by atoms with E-state index in [0.29, 0.717) is 20.8 Å². The topological polar surface area (TPSA) is 58.9 Å². The van der Waals surface area contributed by atoms with Crippen LogP contribution >= 0.6 is 34.5 Å². The lowest BCUT2D eigenvalue weighted by molar-refractivity contribution is -0.135. The lowest BCUT2D eigenvalue weighted by Crippen LogP contribution is -2.09. The molecule has 0 unspecified atom stereocenters. The minimum atomic E-state index is -0.684. The Morgan fingerprint density at radius 2 is 2.26 bits per heavy atom. The number of ether oxygens (including phenoxy) is 1. The second kappa shape index (κ2) is 7.53. The molecular formula is C12H13Cl2NO3S. The third kappa shape index (κ3) is 4.23. The highest BCUT2D eigenvalue weighted by molar-refractivity contribution is 7.20. The second-order valence-electron chi connectivity index (χ2n) is 3.53. The van der Waals surface area contributed by atoms with Crippen LogP contribution < -0.4 is 0 Å². The molecule has 0 amide bonds. The molecule has 0 aliphatic carbocycles. The molecule has 0 saturated heterocycles. The molecule has 0 radical (unpaired) electrons. The minimum Gasteiger partial charge on any atom is -0.506 e. The van der Waals surface area contributed by atoms with E-state index < -0.39 is 5.97 Å². The van der Waals surface area contributed by atoms with Crippen LogP contribution in [-0.4, -0.2) is 30.9 Å². The van der Waals surface area contributed by atoms with Crippen LogP contribution in [0, 0.1) is 0 Å². The number of thiophene rings is 1. The number of carbonyl (C=O) groups is 1. The Bertz CT molecular complexity index is 523. The van der Waals surface area contributed by atoms with Gasteiger partial charge in [0.15, 0.2) is 0 Å². The summed E-state index contributed by atoms with van der Waals surface area (Å²) in [7, 11) is 1.23. The minimum absolute atomic E-state index is 0.0488. The normalized spacial score (nSPS) is 12.6. The quantitative estimate of drug-likeness (QED) is 0.386. The van der Waals surface area contributed by atoms with Gasteiger partial charge in [0.05, 0.1) is 11.4 Å². The Labute approximate surface area is 125 Å². The molecular weight excluding hydrogens is 309 g/mol. The van der Waals surface area contributed by atoms with Gasteiger partial charge < -0.3 is 9.84 Å². The average molecular weight is 322 g/mol. The third-order valence-electron chi connectivity index (χ3n) is 2.15. The Balaban J connectivity index is 3.23. The first-order chi connectivity index (χ1) is 9.01. The largest absolute Gasteiger partial charge is 0.506 e. The first kappa shape index (κ1) is 16.0. The smallest absolute Gasteiger partial charge is 0.343 e. The lowest BCUT2D eigenvalue weighted by Gasteiger charge is -2.04. The summed E-state index contributed by atoms with van der Waals surface area (Å²) in [6.45, 7) is 2.50. The molecule has 1 heterocycles. The van der Waals surface area contributed by atoms with Gasteiger partial charge in [-0.05, 0) is 12.5 Å². The maximum atomic E-state index is 11.6. The number of carbonyl (C=O) groups excluding carboxylic acids is 1. The zero-order valence-corrected chi connectivity index (χ0v) is 12.8. The van der Waals surface area contributed by atoms with Crippen LogP contribution in [0.5, 0.6) is 0 Å². The van der Waals surface area contributed by atoms with E-state index in [1.807, 2.05) is 6.92 Å². The van der Waals surface area contributed by atoms with Crippen molar-refractivity contribution in [2.45, 2.75) is 13.3 Å². The number of methoxy groups -OCH3 is 1. The molecule has 0 aliphatic heterocycles. The fourth-order valence-electron chi connectivity index (χ4n) is 1.25. The monoisotopic (exact) mass is 321 g/mol. The van der Waals surface area contributed by atoms with Crippen molar-refractivity contribution in [1.29, 1.82) is 0 Å². The highest BCUT2D eigenvalue weighted by Crippen LogP contribution is 2.35. The highest BCUT2D eigenvalue weighted by Gasteiger charge is 2.19. The summed E-state index contributed by atoms with van der Waals surface area (Å²) in [5.41, 5.74) is 0.243. The van der Waals surface area contributed by atoms with Gasteiger partial charge in [0.2, 0.25) is 0 Å². The molecule has 1 aromatic rings. The fourth-order valence-corrected chi connectivity index (χ4v) is 2.72. The molecule has 0 bridgehead atoms. The van der Waals surface area contributed by atoms with Crippen LogP contribution in [0.1, 0.15) is 18.9 Å². The molecule has 7 heteroatoms. The zero-order chi connectivity index (χ0) is 14.4. The number of aliphatic imine (C=N–C) groups is 1. The lowest BCUT2D eigenvalue weighted by atomic mass is 10.1. The van der Waals surface area contributed by atoms with Gasteiger partial charge in [-0.15, -0.1) is 11.3 Å². The predicted molar refractivity (Wildman–Crippen MR) is 79.6 cm³/mol. The van der Waals surface area contributed by atoms with Crippen LogP contribution in [0.15, 0.2) is 16.6 Å². The molecule has 1 aromatic heterocycles. The van der Waals surface area contributed by atoms with Crippen molar-refractivity contribution < 1.29 is 14.6 Å². The molecule has 0 saturated carbocycles. The van der Waals surface area contributed by atoms with Crippen LogP contribution in [0.25, 0.3) is 5.76 Å². The summed E-state index contributed by atoms with van der Waals surface area (Å²) < 4.78 is 5.33. The molecule has 4 nitrogen and oxygen atoms in total. The molecule has 1 N–H and O–H groups in total.